The third-order valence-electron chi connectivity index (χ3n) is 2.89. The van der Waals surface area contributed by atoms with E-state index < -0.39 is 0 Å². The predicted molar refractivity (Wildman–Crippen MR) is 86.1 cm³/mol. The molecule has 0 spiro atoms. The fourth-order valence-corrected chi connectivity index (χ4v) is 3.52. The second-order valence-electron chi connectivity index (χ2n) is 4.38. The lowest BCUT2D eigenvalue weighted by atomic mass is 10.1. The summed E-state index contributed by atoms with van der Waals surface area (Å²) in [4.78, 5) is 6.76. The van der Waals surface area contributed by atoms with Crippen molar-refractivity contribution in [1.29, 1.82) is 0 Å². The van der Waals surface area contributed by atoms with Crippen LogP contribution in [-0.2, 0) is 6.54 Å². The van der Waals surface area contributed by atoms with E-state index in [4.69, 9.17) is 5.73 Å². The number of pyridine rings is 1. The van der Waals surface area contributed by atoms with Crippen LogP contribution in [0.3, 0.4) is 0 Å². The van der Waals surface area contributed by atoms with Gasteiger partial charge in [0.2, 0.25) is 0 Å². The maximum Gasteiger partial charge on any atom is 0.147 e. The number of nitrogen functional groups attached to an aromatic ring is 1. The van der Waals surface area contributed by atoms with Crippen LogP contribution in [0, 0.1) is 6.92 Å². The molecule has 4 nitrogen and oxygen atoms in total. The molecule has 0 bridgehead atoms. The second kappa shape index (κ2) is 5.60. The van der Waals surface area contributed by atoms with Crippen LogP contribution in [0.5, 0.6) is 0 Å². The molecule has 3 aromatic rings. The van der Waals surface area contributed by atoms with Gasteiger partial charge in [0.05, 0.1) is 12.1 Å². The quantitative estimate of drug-likeness (QED) is 0.770. The van der Waals surface area contributed by atoms with Crippen LogP contribution in [-0.4, -0.2) is 9.36 Å². The molecule has 0 fully saturated rings. The van der Waals surface area contributed by atoms with Crippen molar-refractivity contribution in [3.8, 4) is 11.1 Å². The Balaban J connectivity index is 1.84. The molecule has 3 rings (SSSR count). The summed E-state index contributed by atoms with van der Waals surface area (Å²) in [5.41, 5.74) is 7.91. The molecule has 6 heteroatoms. The minimum atomic E-state index is 0.549. The highest BCUT2D eigenvalue weighted by Gasteiger charge is 2.13. The average Bonchev–Trinajstić information content (AvgIpc) is 3.03. The molecule has 0 saturated carbocycles. The number of nitrogens with two attached hydrogens (primary N) is 1. The van der Waals surface area contributed by atoms with Crippen LogP contribution in [0.15, 0.2) is 36.7 Å². The Hall–Kier alpha value is -1.92. The number of thiophene rings is 1. The third-order valence-corrected chi connectivity index (χ3v) is 4.71. The van der Waals surface area contributed by atoms with E-state index in [-0.39, 0.29) is 0 Å². The number of anilines is 2. The molecule has 0 aromatic carbocycles. The van der Waals surface area contributed by atoms with Gasteiger partial charge in [0.15, 0.2) is 0 Å². The first-order valence-electron chi connectivity index (χ1n) is 6.19. The van der Waals surface area contributed by atoms with Crippen LogP contribution < -0.4 is 11.1 Å². The minimum Gasteiger partial charge on any atom is -0.382 e. The summed E-state index contributed by atoms with van der Waals surface area (Å²) >= 11 is 3.18. The van der Waals surface area contributed by atoms with Gasteiger partial charge < -0.3 is 11.1 Å². The van der Waals surface area contributed by atoms with E-state index in [2.05, 4.69) is 33.7 Å². The van der Waals surface area contributed by atoms with Gasteiger partial charge in [0, 0.05) is 27.7 Å². The largest absolute Gasteiger partial charge is 0.382 e. The average molecular weight is 302 g/mol. The third kappa shape index (κ3) is 2.66. The van der Waals surface area contributed by atoms with E-state index in [0.717, 1.165) is 22.7 Å². The fraction of sp³-hybridized carbons (Fsp3) is 0.143. The molecule has 0 unspecified atom stereocenters. The first-order valence-corrected chi connectivity index (χ1v) is 7.78. The van der Waals surface area contributed by atoms with Crippen molar-refractivity contribution in [1.82, 2.24) is 9.36 Å². The first-order chi connectivity index (χ1) is 9.74. The lowest BCUT2D eigenvalue weighted by molar-refractivity contribution is 1.21. The second-order valence-corrected chi connectivity index (χ2v) is 6.53. The summed E-state index contributed by atoms with van der Waals surface area (Å²) in [5.74, 6) is 0.549. The van der Waals surface area contributed by atoms with Gasteiger partial charge >= 0.3 is 0 Å². The van der Waals surface area contributed by atoms with E-state index in [1.54, 1.807) is 23.7 Å². The summed E-state index contributed by atoms with van der Waals surface area (Å²) in [5, 5.41) is 4.41. The molecule has 0 amide bonds. The summed E-state index contributed by atoms with van der Waals surface area (Å²) < 4.78 is 4.24. The predicted octanol–water partition coefficient (Wildman–Crippen LogP) is 3.77. The highest BCUT2D eigenvalue weighted by molar-refractivity contribution is 7.12. The number of hydrogen-bond donors (Lipinski definition) is 2. The molecule has 0 radical (unpaired) electrons. The maximum absolute atomic E-state index is 5.98. The van der Waals surface area contributed by atoms with Crippen molar-refractivity contribution in [2.45, 2.75) is 13.5 Å². The van der Waals surface area contributed by atoms with Crippen LogP contribution in [0.2, 0.25) is 0 Å². The Morgan fingerprint density at radius 3 is 2.90 bits per heavy atom. The van der Waals surface area contributed by atoms with Gasteiger partial charge in [-0.05, 0) is 36.7 Å². The summed E-state index contributed by atoms with van der Waals surface area (Å²) in [6, 6.07) is 8.16. The van der Waals surface area contributed by atoms with Gasteiger partial charge in [0.1, 0.15) is 10.8 Å². The SMILES string of the molecule is Cc1ccc(CNc2snc(N)c2-c2cccnc2)s1. The number of nitrogens with one attached hydrogen (secondary N) is 1. The topological polar surface area (TPSA) is 63.8 Å². The van der Waals surface area contributed by atoms with Crippen molar-refractivity contribution in [2.75, 3.05) is 11.1 Å². The molecule has 0 aliphatic rings. The normalized spacial score (nSPS) is 10.7. The summed E-state index contributed by atoms with van der Waals surface area (Å²) in [6.07, 6.45) is 3.56. The van der Waals surface area contributed by atoms with Gasteiger partial charge in [0.25, 0.3) is 0 Å². The van der Waals surface area contributed by atoms with Gasteiger partial charge in [-0.1, -0.05) is 6.07 Å². The van der Waals surface area contributed by atoms with Crippen molar-refractivity contribution >= 4 is 33.7 Å². The number of rotatable bonds is 4. The van der Waals surface area contributed by atoms with Crippen LogP contribution in [0.4, 0.5) is 10.8 Å². The molecule has 3 N–H and O–H groups in total. The molecule has 20 heavy (non-hydrogen) atoms. The van der Waals surface area contributed by atoms with Crippen molar-refractivity contribution in [3.05, 3.63) is 46.4 Å². The van der Waals surface area contributed by atoms with E-state index in [1.807, 2.05) is 12.1 Å². The van der Waals surface area contributed by atoms with Crippen LogP contribution in [0.25, 0.3) is 11.1 Å². The Kier molecular flexibility index (Phi) is 3.66. The molecule has 0 saturated heterocycles. The number of aryl methyl sites for hydroxylation is 1. The fourth-order valence-electron chi connectivity index (χ4n) is 1.96. The Morgan fingerprint density at radius 1 is 1.30 bits per heavy atom. The number of hydrogen-bond acceptors (Lipinski definition) is 6. The Labute approximate surface area is 125 Å². The maximum atomic E-state index is 5.98. The highest BCUT2D eigenvalue weighted by atomic mass is 32.1. The molecule has 0 aliphatic carbocycles. The zero-order valence-electron chi connectivity index (χ0n) is 11.0. The number of aromatic nitrogens is 2. The zero-order valence-corrected chi connectivity index (χ0v) is 12.6. The highest BCUT2D eigenvalue weighted by Crippen LogP contribution is 2.36. The van der Waals surface area contributed by atoms with Crippen molar-refractivity contribution in [3.63, 3.8) is 0 Å². The van der Waals surface area contributed by atoms with Gasteiger partial charge in [-0.3, -0.25) is 4.98 Å². The Bertz CT molecular complexity index is 703. The molecule has 3 aromatic heterocycles. The van der Waals surface area contributed by atoms with Crippen molar-refractivity contribution in [2.24, 2.45) is 0 Å². The summed E-state index contributed by atoms with van der Waals surface area (Å²) in [7, 11) is 0. The molecule has 3 heterocycles. The molecular weight excluding hydrogens is 288 g/mol. The zero-order chi connectivity index (χ0) is 13.9. The number of nitrogens with zero attached hydrogens (tertiary/aromatic N) is 2. The van der Waals surface area contributed by atoms with E-state index in [1.165, 1.54) is 21.3 Å². The Morgan fingerprint density at radius 2 is 2.20 bits per heavy atom. The van der Waals surface area contributed by atoms with E-state index >= 15 is 0 Å². The minimum absolute atomic E-state index is 0.549. The van der Waals surface area contributed by atoms with E-state index in [9.17, 15) is 0 Å². The lowest BCUT2D eigenvalue weighted by Gasteiger charge is -2.06. The van der Waals surface area contributed by atoms with Crippen LogP contribution in [0.1, 0.15) is 9.75 Å². The molecular formula is C14H14N4S2. The molecule has 0 atom stereocenters. The monoisotopic (exact) mass is 302 g/mol. The van der Waals surface area contributed by atoms with Crippen molar-refractivity contribution < 1.29 is 0 Å². The van der Waals surface area contributed by atoms with Crippen LogP contribution >= 0.6 is 22.9 Å². The molecule has 0 aliphatic heterocycles. The smallest absolute Gasteiger partial charge is 0.147 e. The van der Waals surface area contributed by atoms with Gasteiger partial charge in [-0.25, -0.2) is 0 Å². The first kappa shape index (κ1) is 13.1. The van der Waals surface area contributed by atoms with E-state index in [0.29, 0.717) is 5.82 Å². The standard InChI is InChI=1S/C14H14N4S2/c1-9-4-5-11(19-9)8-17-14-12(13(15)18-20-14)10-3-2-6-16-7-10/h2-7,17H,8H2,1H3,(H2,15,18). The van der Waals surface area contributed by atoms with Gasteiger partial charge in [-0.15, -0.1) is 11.3 Å². The lowest BCUT2D eigenvalue weighted by Crippen LogP contribution is -1.97. The molecule has 102 valence electrons. The van der Waals surface area contributed by atoms with Gasteiger partial charge in [-0.2, -0.15) is 4.37 Å². The summed E-state index contributed by atoms with van der Waals surface area (Å²) in [6.45, 7) is 2.90.